The van der Waals surface area contributed by atoms with Gasteiger partial charge in [0.2, 0.25) is 10.0 Å². The van der Waals surface area contributed by atoms with E-state index in [-0.39, 0.29) is 11.2 Å². The summed E-state index contributed by atoms with van der Waals surface area (Å²) in [6, 6.07) is 0. The van der Waals surface area contributed by atoms with Gasteiger partial charge >= 0.3 is 0 Å². The summed E-state index contributed by atoms with van der Waals surface area (Å²) in [6.45, 7) is 5.41. The Bertz CT molecular complexity index is 330. The van der Waals surface area contributed by atoms with Crippen LogP contribution in [0.3, 0.4) is 0 Å². The fourth-order valence-electron chi connectivity index (χ4n) is 2.75. The Labute approximate surface area is 111 Å². The van der Waals surface area contributed by atoms with Crippen LogP contribution in [0.1, 0.15) is 52.4 Å². The first-order chi connectivity index (χ1) is 8.33. The van der Waals surface area contributed by atoms with Crippen molar-refractivity contribution in [3.63, 3.8) is 0 Å². The van der Waals surface area contributed by atoms with E-state index >= 15 is 0 Å². The summed E-state index contributed by atoms with van der Waals surface area (Å²) < 4.78 is 28.6. The Morgan fingerprint density at radius 3 is 2.17 bits per heavy atom. The quantitative estimate of drug-likeness (QED) is 0.757. The molecule has 5 heteroatoms. The predicted octanol–water partition coefficient (Wildman–Crippen LogP) is 2.29. The van der Waals surface area contributed by atoms with E-state index in [1.54, 1.807) is 0 Å². The molecule has 0 heterocycles. The molecule has 0 aliphatic heterocycles. The molecular weight excluding hydrogens is 250 g/mol. The molecule has 1 aliphatic rings. The Kier molecular flexibility index (Phi) is 6.08. The van der Waals surface area contributed by atoms with E-state index in [9.17, 15) is 8.42 Å². The summed E-state index contributed by atoms with van der Waals surface area (Å²) in [5, 5.41) is 5.25. The van der Waals surface area contributed by atoms with Crippen LogP contribution in [-0.4, -0.2) is 27.4 Å². The van der Waals surface area contributed by atoms with Crippen molar-refractivity contribution in [3.8, 4) is 0 Å². The van der Waals surface area contributed by atoms with Crippen molar-refractivity contribution in [2.24, 2.45) is 16.5 Å². The van der Waals surface area contributed by atoms with Gasteiger partial charge in [-0.1, -0.05) is 39.5 Å². The molecule has 1 aliphatic carbocycles. The van der Waals surface area contributed by atoms with Gasteiger partial charge in [0.15, 0.2) is 0 Å². The van der Waals surface area contributed by atoms with Crippen molar-refractivity contribution in [1.82, 2.24) is 0 Å². The van der Waals surface area contributed by atoms with Crippen molar-refractivity contribution in [3.05, 3.63) is 0 Å². The van der Waals surface area contributed by atoms with Crippen LogP contribution in [0, 0.1) is 11.3 Å². The fraction of sp³-hybridized carbons (Fsp3) is 1.00. The lowest BCUT2D eigenvalue weighted by molar-refractivity contribution is 0.0323. The van der Waals surface area contributed by atoms with Crippen LogP contribution in [0.4, 0.5) is 0 Å². The minimum absolute atomic E-state index is 0.0676. The van der Waals surface area contributed by atoms with Gasteiger partial charge in [0.25, 0.3) is 0 Å². The first kappa shape index (κ1) is 15.9. The lowest BCUT2D eigenvalue weighted by atomic mass is 9.83. The lowest BCUT2D eigenvalue weighted by Crippen LogP contribution is -2.37. The van der Waals surface area contributed by atoms with Crippen molar-refractivity contribution < 1.29 is 13.2 Å². The maximum Gasteiger partial charge on any atom is 0.209 e. The molecule has 0 atom stereocenters. The second kappa shape index (κ2) is 6.87. The third kappa shape index (κ3) is 6.16. The van der Waals surface area contributed by atoms with Gasteiger partial charge in [-0.15, -0.1) is 0 Å². The second-order valence-electron chi connectivity index (χ2n) is 6.13. The van der Waals surface area contributed by atoms with E-state index in [0.717, 1.165) is 25.7 Å². The summed E-state index contributed by atoms with van der Waals surface area (Å²) >= 11 is 0. The molecule has 0 saturated heterocycles. The normalized spacial score (nSPS) is 20.9. The van der Waals surface area contributed by atoms with Gasteiger partial charge in [0, 0.05) is 12.0 Å². The van der Waals surface area contributed by atoms with Crippen LogP contribution in [0.5, 0.6) is 0 Å². The van der Waals surface area contributed by atoms with Crippen molar-refractivity contribution >= 4 is 10.0 Å². The lowest BCUT2D eigenvalue weighted by Gasteiger charge is -2.31. The molecule has 0 aromatic heterocycles. The van der Waals surface area contributed by atoms with E-state index in [4.69, 9.17) is 9.88 Å². The highest BCUT2D eigenvalue weighted by Gasteiger charge is 2.35. The molecule has 4 nitrogen and oxygen atoms in total. The van der Waals surface area contributed by atoms with Crippen LogP contribution in [0.25, 0.3) is 0 Å². The van der Waals surface area contributed by atoms with E-state index in [1.807, 2.05) is 0 Å². The van der Waals surface area contributed by atoms with Crippen molar-refractivity contribution in [1.29, 1.82) is 0 Å². The largest absolute Gasteiger partial charge is 0.381 e. The molecule has 1 rings (SSSR count). The summed E-state index contributed by atoms with van der Waals surface area (Å²) in [6.07, 6.45) is 6.39. The summed E-state index contributed by atoms with van der Waals surface area (Å²) in [4.78, 5) is 0. The number of ether oxygens (including phenoxy) is 1. The molecule has 0 bridgehead atoms. The number of rotatable bonds is 6. The molecule has 1 saturated carbocycles. The van der Waals surface area contributed by atoms with E-state index < -0.39 is 10.0 Å². The average Bonchev–Trinajstić information content (AvgIpc) is 2.40. The van der Waals surface area contributed by atoms with Gasteiger partial charge in [-0.2, -0.15) is 0 Å². The zero-order chi connectivity index (χ0) is 13.6. The topological polar surface area (TPSA) is 69.4 Å². The third-order valence-corrected chi connectivity index (χ3v) is 4.55. The van der Waals surface area contributed by atoms with Crippen LogP contribution >= 0.6 is 0 Å². The number of sulfonamides is 1. The molecular formula is C13H27NO3S. The number of primary sulfonamides is 1. The predicted molar refractivity (Wildman–Crippen MR) is 73.8 cm³/mol. The molecule has 2 N–H and O–H groups in total. The Balaban J connectivity index is 2.66. The van der Waals surface area contributed by atoms with Crippen molar-refractivity contribution in [2.75, 3.05) is 19.0 Å². The minimum Gasteiger partial charge on any atom is -0.381 e. The highest BCUT2D eigenvalue weighted by atomic mass is 32.2. The maximum absolute atomic E-state index is 11.4. The second-order valence-corrected chi connectivity index (χ2v) is 7.74. The van der Waals surface area contributed by atoms with Crippen LogP contribution < -0.4 is 5.14 Å². The van der Waals surface area contributed by atoms with Gasteiger partial charge in [-0.3, -0.25) is 0 Å². The van der Waals surface area contributed by atoms with E-state index in [1.165, 1.54) is 12.8 Å². The fourth-order valence-corrected chi connectivity index (χ4v) is 3.97. The molecule has 1 fully saturated rings. The Morgan fingerprint density at radius 2 is 1.72 bits per heavy atom. The van der Waals surface area contributed by atoms with Gasteiger partial charge < -0.3 is 4.74 Å². The molecule has 0 spiro atoms. The Hall–Kier alpha value is -0.130. The SMILES string of the molecule is CC(C)COCC1(CS(N)(=O)=O)CCCCCC1. The average molecular weight is 277 g/mol. The summed E-state index contributed by atoms with van der Waals surface area (Å²) in [5.74, 6) is 0.542. The monoisotopic (exact) mass is 277 g/mol. The highest BCUT2D eigenvalue weighted by molar-refractivity contribution is 7.89. The van der Waals surface area contributed by atoms with Gasteiger partial charge in [0.05, 0.1) is 12.4 Å². The highest BCUT2D eigenvalue weighted by Crippen LogP contribution is 2.36. The molecule has 0 aromatic carbocycles. The van der Waals surface area contributed by atoms with Crippen LogP contribution in [-0.2, 0) is 14.8 Å². The number of hydrogen-bond donors (Lipinski definition) is 1. The molecule has 108 valence electrons. The maximum atomic E-state index is 11.4. The number of nitrogens with two attached hydrogens (primary N) is 1. The van der Waals surface area contributed by atoms with E-state index in [0.29, 0.717) is 19.1 Å². The minimum atomic E-state index is -3.43. The zero-order valence-electron chi connectivity index (χ0n) is 11.7. The molecule has 0 radical (unpaired) electrons. The smallest absolute Gasteiger partial charge is 0.209 e. The molecule has 18 heavy (non-hydrogen) atoms. The molecule has 0 unspecified atom stereocenters. The number of hydrogen-bond acceptors (Lipinski definition) is 3. The van der Waals surface area contributed by atoms with Gasteiger partial charge in [0.1, 0.15) is 0 Å². The first-order valence-corrected chi connectivity index (χ1v) is 8.63. The van der Waals surface area contributed by atoms with Crippen molar-refractivity contribution in [2.45, 2.75) is 52.4 Å². The summed E-state index contributed by atoms with van der Waals surface area (Å²) in [7, 11) is -3.43. The first-order valence-electron chi connectivity index (χ1n) is 6.91. The van der Waals surface area contributed by atoms with Crippen LogP contribution in [0.15, 0.2) is 0 Å². The molecule has 0 amide bonds. The summed E-state index contributed by atoms with van der Waals surface area (Å²) in [5.41, 5.74) is -0.251. The van der Waals surface area contributed by atoms with Crippen LogP contribution in [0.2, 0.25) is 0 Å². The Morgan fingerprint density at radius 1 is 1.17 bits per heavy atom. The van der Waals surface area contributed by atoms with Gasteiger partial charge in [-0.25, -0.2) is 13.6 Å². The third-order valence-electron chi connectivity index (χ3n) is 3.53. The standard InChI is InChI=1S/C13H27NO3S/c1-12(2)9-17-10-13(11-18(14,15)16)7-5-3-4-6-8-13/h12H,3-11H2,1-2H3,(H2,14,15,16). The zero-order valence-corrected chi connectivity index (χ0v) is 12.5. The molecule has 0 aromatic rings. The van der Waals surface area contributed by atoms with Gasteiger partial charge in [-0.05, 0) is 18.8 Å². The van der Waals surface area contributed by atoms with E-state index in [2.05, 4.69) is 13.8 Å².